The van der Waals surface area contributed by atoms with Gasteiger partial charge in [0.2, 0.25) is 15.9 Å². The van der Waals surface area contributed by atoms with Crippen molar-refractivity contribution in [1.82, 2.24) is 4.31 Å². The number of rotatable bonds is 7. The highest BCUT2D eigenvalue weighted by molar-refractivity contribution is 7.89. The second-order valence-corrected chi connectivity index (χ2v) is 9.39. The van der Waals surface area contributed by atoms with E-state index in [1.54, 1.807) is 29.4 Å². The monoisotopic (exact) mass is 415 g/mol. The summed E-state index contributed by atoms with van der Waals surface area (Å²) in [6.07, 6.45) is 3.14. The molecular weight excluding hydrogens is 386 g/mol. The molecule has 1 heterocycles. The van der Waals surface area contributed by atoms with E-state index in [0.29, 0.717) is 30.9 Å². The predicted molar refractivity (Wildman–Crippen MR) is 117 cm³/mol. The number of nitrogens with zero attached hydrogens (tertiary/aromatic N) is 1. The van der Waals surface area contributed by atoms with Crippen molar-refractivity contribution < 1.29 is 13.2 Å². The van der Waals surface area contributed by atoms with E-state index in [9.17, 15) is 13.2 Å². The fourth-order valence-electron chi connectivity index (χ4n) is 3.51. The number of piperidine rings is 1. The Morgan fingerprint density at radius 1 is 1.00 bits per heavy atom. The van der Waals surface area contributed by atoms with Crippen LogP contribution >= 0.6 is 0 Å². The number of anilines is 2. The Morgan fingerprint density at radius 2 is 1.72 bits per heavy atom. The molecule has 0 bridgehead atoms. The average Bonchev–Trinajstić information content (AvgIpc) is 2.71. The van der Waals surface area contributed by atoms with Gasteiger partial charge in [-0.15, -0.1) is 0 Å². The van der Waals surface area contributed by atoms with Crippen molar-refractivity contribution in [3.8, 4) is 0 Å². The average molecular weight is 416 g/mol. The lowest BCUT2D eigenvalue weighted by Crippen LogP contribution is -2.36. The second-order valence-electron chi connectivity index (χ2n) is 7.48. The topological polar surface area (TPSA) is 78.5 Å². The van der Waals surface area contributed by atoms with Gasteiger partial charge in [0.25, 0.3) is 0 Å². The summed E-state index contributed by atoms with van der Waals surface area (Å²) in [6, 6.07) is 13.0. The minimum Gasteiger partial charge on any atom is -0.384 e. The van der Waals surface area contributed by atoms with Crippen molar-refractivity contribution >= 4 is 27.3 Å². The molecule has 0 spiro atoms. The number of amides is 1. The van der Waals surface area contributed by atoms with E-state index >= 15 is 0 Å². The molecule has 1 saturated heterocycles. The second kappa shape index (κ2) is 9.41. The first-order valence-electron chi connectivity index (χ1n) is 10.1. The summed E-state index contributed by atoms with van der Waals surface area (Å²) in [5.41, 5.74) is 3.33. The number of carbonyl (C=O) groups is 1. The largest absolute Gasteiger partial charge is 0.384 e. The van der Waals surface area contributed by atoms with Crippen LogP contribution in [0.1, 0.15) is 36.8 Å². The highest BCUT2D eigenvalue weighted by Gasteiger charge is 2.27. The maximum atomic E-state index is 13.0. The van der Waals surface area contributed by atoms with Crippen molar-refractivity contribution in [3.05, 3.63) is 53.6 Å². The highest BCUT2D eigenvalue weighted by atomic mass is 32.2. The van der Waals surface area contributed by atoms with Gasteiger partial charge in [-0.1, -0.05) is 30.7 Å². The fourth-order valence-corrected chi connectivity index (χ4v) is 5.27. The molecule has 29 heavy (non-hydrogen) atoms. The van der Waals surface area contributed by atoms with Gasteiger partial charge in [-0.3, -0.25) is 4.79 Å². The number of sulfonamides is 1. The molecule has 7 heteroatoms. The van der Waals surface area contributed by atoms with Gasteiger partial charge in [0, 0.05) is 37.4 Å². The minimum atomic E-state index is -3.54. The van der Waals surface area contributed by atoms with E-state index in [0.717, 1.165) is 30.5 Å². The molecule has 2 aromatic rings. The third kappa shape index (κ3) is 5.36. The third-order valence-electron chi connectivity index (χ3n) is 5.22. The van der Waals surface area contributed by atoms with Crippen LogP contribution < -0.4 is 10.6 Å². The molecule has 0 saturated carbocycles. The Kier molecular flexibility index (Phi) is 6.92. The van der Waals surface area contributed by atoms with Gasteiger partial charge in [0.05, 0.1) is 4.90 Å². The Hall–Kier alpha value is -2.38. The van der Waals surface area contributed by atoms with Crippen molar-refractivity contribution in [3.63, 3.8) is 0 Å². The Labute approximate surface area is 173 Å². The van der Waals surface area contributed by atoms with Crippen molar-refractivity contribution in [1.29, 1.82) is 0 Å². The van der Waals surface area contributed by atoms with Crippen LogP contribution in [-0.2, 0) is 14.8 Å². The molecule has 0 atom stereocenters. The van der Waals surface area contributed by atoms with Crippen LogP contribution in [0, 0.1) is 13.8 Å². The molecule has 3 rings (SSSR count). The van der Waals surface area contributed by atoms with E-state index in [4.69, 9.17) is 0 Å². The van der Waals surface area contributed by atoms with Crippen LogP contribution in [0.5, 0.6) is 0 Å². The summed E-state index contributed by atoms with van der Waals surface area (Å²) in [6.45, 7) is 5.42. The SMILES string of the molecule is Cc1ccccc1NCCC(=O)Nc1ccc(C)c(S(=O)(=O)N2CCCCC2)c1. The van der Waals surface area contributed by atoms with E-state index in [1.807, 2.05) is 31.2 Å². The molecule has 0 radical (unpaired) electrons. The minimum absolute atomic E-state index is 0.156. The molecule has 0 aromatic heterocycles. The molecule has 0 unspecified atom stereocenters. The van der Waals surface area contributed by atoms with Gasteiger partial charge in [0.1, 0.15) is 0 Å². The van der Waals surface area contributed by atoms with E-state index < -0.39 is 10.0 Å². The quantitative estimate of drug-likeness (QED) is 0.718. The van der Waals surface area contributed by atoms with Crippen molar-refractivity contribution in [2.75, 3.05) is 30.3 Å². The maximum Gasteiger partial charge on any atom is 0.243 e. The van der Waals surface area contributed by atoms with E-state index in [2.05, 4.69) is 10.6 Å². The van der Waals surface area contributed by atoms with Crippen LogP contribution in [-0.4, -0.2) is 38.3 Å². The van der Waals surface area contributed by atoms with Crippen molar-refractivity contribution in [2.24, 2.45) is 0 Å². The van der Waals surface area contributed by atoms with Crippen LogP contribution in [0.4, 0.5) is 11.4 Å². The van der Waals surface area contributed by atoms with Gasteiger partial charge in [0.15, 0.2) is 0 Å². The molecule has 1 fully saturated rings. The number of benzene rings is 2. The lowest BCUT2D eigenvalue weighted by atomic mass is 10.2. The summed E-state index contributed by atoms with van der Waals surface area (Å²) >= 11 is 0. The summed E-state index contributed by atoms with van der Waals surface area (Å²) in [7, 11) is -3.54. The molecule has 156 valence electrons. The Morgan fingerprint density at radius 3 is 2.45 bits per heavy atom. The zero-order valence-corrected chi connectivity index (χ0v) is 17.9. The first-order valence-corrected chi connectivity index (χ1v) is 11.5. The van der Waals surface area contributed by atoms with Gasteiger partial charge >= 0.3 is 0 Å². The lowest BCUT2D eigenvalue weighted by molar-refractivity contribution is -0.115. The molecule has 2 aromatic carbocycles. The summed E-state index contributed by atoms with van der Waals surface area (Å²) in [5.74, 6) is -0.156. The van der Waals surface area contributed by atoms with E-state index in [1.165, 1.54) is 0 Å². The van der Waals surface area contributed by atoms with Gasteiger partial charge < -0.3 is 10.6 Å². The summed E-state index contributed by atoms with van der Waals surface area (Å²) in [5, 5.41) is 6.08. The fraction of sp³-hybridized carbons (Fsp3) is 0.409. The highest BCUT2D eigenvalue weighted by Crippen LogP contribution is 2.26. The Balaban J connectivity index is 1.63. The maximum absolute atomic E-state index is 13.0. The standard InChI is InChI=1S/C22H29N3O3S/c1-17-8-4-5-9-20(17)23-13-12-22(26)24-19-11-10-18(2)21(16-19)29(27,28)25-14-6-3-7-15-25/h4-5,8-11,16,23H,3,6-7,12-15H2,1-2H3,(H,24,26). The van der Waals surface area contributed by atoms with Crippen LogP contribution in [0.25, 0.3) is 0 Å². The first-order chi connectivity index (χ1) is 13.9. The summed E-state index contributed by atoms with van der Waals surface area (Å²) < 4.78 is 27.6. The van der Waals surface area contributed by atoms with Gasteiger partial charge in [-0.2, -0.15) is 4.31 Å². The molecule has 6 nitrogen and oxygen atoms in total. The smallest absolute Gasteiger partial charge is 0.243 e. The molecule has 1 aliphatic rings. The predicted octanol–water partition coefficient (Wildman–Crippen LogP) is 3.92. The molecule has 2 N–H and O–H groups in total. The zero-order chi connectivity index (χ0) is 20.9. The first kappa shape index (κ1) is 21.3. The Bertz CT molecular complexity index is 967. The molecule has 1 amide bonds. The van der Waals surface area contributed by atoms with Crippen LogP contribution in [0.3, 0.4) is 0 Å². The number of hydrogen-bond donors (Lipinski definition) is 2. The number of carbonyl (C=O) groups excluding carboxylic acids is 1. The van der Waals surface area contributed by atoms with Crippen molar-refractivity contribution in [2.45, 2.75) is 44.4 Å². The third-order valence-corrected chi connectivity index (χ3v) is 7.26. The number of aryl methyl sites for hydroxylation is 2. The van der Waals surface area contributed by atoms with E-state index in [-0.39, 0.29) is 17.2 Å². The molecular formula is C22H29N3O3S. The normalized spacial score (nSPS) is 15.1. The summed E-state index contributed by atoms with van der Waals surface area (Å²) in [4.78, 5) is 12.6. The molecule has 0 aliphatic carbocycles. The van der Waals surface area contributed by atoms with Crippen LogP contribution in [0.15, 0.2) is 47.4 Å². The number of para-hydroxylation sites is 1. The van der Waals surface area contributed by atoms with Crippen LogP contribution in [0.2, 0.25) is 0 Å². The van der Waals surface area contributed by atoms with Gasteiger partial charge in [-0.05, 0) is 56.0 Å². The number of nitrogens with one attached hydrogen (secondary N) is 2. The zero-order valence-electron chi connectivity index (χ0n) is 17.1. The van der Waals surface area contributed by atoms with Gasteiger partial charge in [-0.25, -0.2) is 8.42 Å². The lowest BCUT2D eigenvalue weighted by Gasteiger charge is -2.26. The number of hydrogen-bond acceptors (Lipinski definition) is 4. The molecule has 1 aliphatic heterocycles.